The number of halogens is 3. The molecule has 44 heavy (non-hydrogen) atoms. The van der Waals surface area contributed by atoms with Gasteiger partial charge in [-0.1, -0.05) is 75.9 Å². The Balaban J connectivity index is 0.000000349. The normalized spacial score (nSPS) is 12.4. The van der Waals surface area contributed by atoms with Crippen LogP contribution in [0.4, 0.5) is 13.2 Å². The van der Waals surface area contributed by atoms with Crippen molar-refractivity contribution in [1.29, 1.82) is 0 Å². The van der Waals surface area contributed by atoms with Crippen molar-refractivity contribution in [1.82, 2.24) is 0 Å². The van der Waals surface area contributed by atoms with E-state index in [4.69, 9.17) is 5.11 Å². The molecule has 5 aromatic rings. The molecule has 0 amide bonds. The molecule has 1 radical (unpaired) electrons. The summed E-state index contributed by atoms with van der Waals surface area (Å²) in [5, 5.41) is 13.9. The van der Waals surface area contributed by atoms with Gasteiger partial charge in [0.05, 0.1) is 17.6 Å². The molecule has 0 aliphatic heterocycles. The molecule has 0 saturated carbocycles. The minimum atomic E-state index is -4.90. The summed E-state index contributed by atoms with van der Waals surface area (Å²) in [7, 11) is 4.37. The van der Waals surface area contributed by atoms with E-state index in [2.05, 4.69) is 103 Å². The van der Waals surface area contributed by atoms with Crippen molar-refractivity contribution in [2.24, 2.45) is 5.92 Å². The number of fused-ring (bicyclic) bond motifs is 4. The number of aryl methyl sites for hydroxylation is 2. The fourth-order valence-corrected chi connectivity index (χ4v) is 6.47. The van der Waals surface area contributed by atoms with Gasteiger partial charge >= 0.3 is 6.18 Å². The predicted octanol–water partition coefficient (Wildman–Crippen LogP) is 10.1. The fourth-order valence-electron chi connectivity index (χ4n) is 5.05. The molecule has 3 aromatic carbocycles. The summed E-state index contributed by atoms with van der Waals surface area (Å²) in [6.45, 7) is 18.8. The first-order valence-corrected chi connectivity index (χ1v) is 14.8. The number of benzene rings is 3. The van der Waals surface area contributed by atoms with Gasteiger partial charge in [0.2, 0.25) is 0 Å². The molecule has 8 heteroatoms. The van der Waals surface area contributed by atoms with E-state index in [0.717, 1.165) is 11.3 Å². The Bertz CT molecular complexity index is 1900. The van der Waals surface area contributed by atoms with E-state index in [1.165, 1.54) is 67.0 Å². The van der Waals surface area contributed by atoms with Crippen LogP contribution in [0.5, 0.6) is 0 Å². The summed E-state index contributed by atoms with van der Waals surface area (Å²) < 4.78 is 39.4. The third-order valence-corrected chi connectivity index (χ3v) is 9.06. The molecule has 0 fully saturated rings. The molecule has 0 atom stereocenters. The first kappa shape index (κ1) is 35.2. The fraction of sp³-hybridized carbons (Fsp3) is 0.278. The minimum Gasteiger partial charge on any atom is -0.512 e. The topological polar surface area (TPSA) is 41.2 Å². The second-order valence-electron chi connectivity index (χ2n) is 12.2. The number of aliphatic hydroxyl groups is 1. The van der Waals surface area contributed by atoms with Gasteiger partial charge in [0.25, 0.3) is 5.78 Å². The van der Waals surface area contributed by atoms with Crippen LogP contribution >= 0.6 is 11.3 Å². The summed E-state index contributed by atoms with van der Waals surface area (Å²) >= 11 is 1.88. The van der Waals surface area contributed by atoms with E-state index in [-0.39, 0.29) is 31.6 Å². The summed E-state index contributed by atoms with van der Waals surface area (Å²) in [5.74, 6) is -3.07. The smallest absolute Gasteiger partial charge is 0.454 e. The molecule has 0 aliphatic rings. The predicted molar refractivity (Wildman–Crippen MR) is 172 cm³/mol. The van der Waals surface area contributed by atoms with Gasteiger partial charge in [0, 0.05) is 48.5 Å². The summed E-state index contributed by atoms with van der Waals surface area (Å²) in [6, 6.07) is 17.7. The Morgan fingerprint density at radius 2 is 1.55 bits per heavy atom. The molecule has 2 aromatic heterocycles. The third kappa shape index (κ3) is 6.83. The van der Waals surface area contributed by atoms with Crippen molar-refractivity contribution >= 4 is 48.1 Å². The van der Waals surface area contributed by atoms with Crippen LogP contribution in [0.3, 0.4) is 0 Å². The van der Waals surface area contributed by atoms with Crippen LogP contribution in [0.1, 0.15) is 56.9 Å². The van der Waals surface area contributed by atoms with Crippen LogP contribution < -0.4 is 4.57 Å². The van der Waals surface area contributed by atoms with Crippen LogP contribution in [-0.2, 0) is 30.3 Å². The van der Waals surface area contributed by atoms with E-state index in [1.54, 1.807) is 0 Å². The Morgan fingerprint density at radius 3 is 2.11 bits per heavy atom. The third-order valence-electron chi connectivity index (χ3n) is 7.71. The molecular weight excluding hydrogens is 760 g/mol. The quantitative estimate of drug-likeness (QED) is 0.0855. The summed E-state index contributed by atoms with van der Waals surface area (Å²) in [6.07, 6.45) is -2.61. The van der Waals surface area contributed by atoms with Crippen LogP contribution in [0.15, 0.2) is 66.6 Å². The monoisotopic (exact) mass is 797 g/mol. The van der Waals surface area contributed by atoms with Crippen molar-refractivity contribution in [3.8, 4) is 11.3 Å². The Kier molecular flexibility index (Phi) is 10.4. The zero-order valence-corrected chi connectivity index (χ0v) is 29.2. The molecule has 0 saturated heterocycles. The molecular formula is C36H37F3IrNO2S-. The minimum absolute atomic E-state index is 0. The molecule has 235 valence electrons. The van der Waals surface area contributed by atoms with Gasteiger partial charge in [-0.05, 0) is 47.2 Å². The molecule has 0 bridgehead atoms. The number of ketones is 1. The number of thiophene rings is 1. The van der Waals surface area contributed by atoms with E-state index >= 15 is 0 Å². The average Bonchev–Trinajstić information content (AvgIpc) is 3.30. The maximum Gasteiger partial charge on any atom is 0.454 e. The average molecular weight is 797 g/mol. The van der Waals surface area contributed by atoms with Gasteiger partial charge in [-0.2, -0.15) is 25.7 Å². The number of aromatic nitrogens is 1. The van der Waals surface area contributed by atoms with Gasteiger partial charge in [-0.25, -0.2) is 0 Å². The maximum absolute atomic E-state index is 11.6. The van der Waals surface area contributed by atoms with Crippen molar-refractivity contribution in [3.05, 3.63) is 103 Å². The zero-order valence-electron chi connectivity index (χ0n) is 25.9. The molecule has 5 rings (SSSR count). The number of alkyl halides is 3. The van der Waals surface area contributed by atoms with Crippen LogP contribution in [0.25, 0.3) is 42.2 Å². The number of pyridine rings is 1. The largest absolute Gasteiger partial charge is 0.512 e. The SMILES string of the molecule is CC(C)/C(O)=C/C(=O)C(F)(F)F.[CH2-]c1c(-c2c3sc4c(C)c(C)ccc4c3cc[n+]2[CH2-])cc(C(C)(C)C)c2ccccc12.[Ir]. The van der Waals surface area contributed by atoms with E-state index in [1.807, 2.05) is 15.9 Å². The number of carbonyl (C=O) groups is 1. The maximum atomic E-state index is 11.6. The van der Waals surface area contributed by atoms with Crippen LogP contribution in [0.2, 0.25) is 0 Å². The number of rotatable bonds is 3. The molecule has 1 N–H and O–H groups in total. The first-order chi connectivity index (χ1) is 19.9. The van der Waals surface area contributed by atoms with Crippen molar-refractivity contribution in [2.45, 2.75) is 60.1 Å². The number of allylic oxidation sites excluding steroid dienone is 2. The Morgan fingerprint density at radius 1 is 0.955 bits per heavy atom. The molecule has 0 unspecified atom stereocenters. The Labute approximate surface area is 274 Å². The molecule has 0 aliphatic carbocycles. The first-order valence-electron chi connectivity index (χ1n) is 14.0. The van der Waals surface area contributed by atoms with Gasteiger partial charge in [-0.15, -0.1) is 34.4 Å². The van der Waals surface area contributed by atoms with Gasteiger partial charge in [0.15, 0.2) is 0 Å². The number of hydrogen-bond donors (Lipinski definition) is 1. The second kappa shape index (κ2) is 13.0. The Hall–Kier alpha value is -3.32. The van der Waals surface area contributed by atoms with Crippen LogP contribution in [0, 0.1) is 33.7 Å². The molecule has 2 heterocycles. The van der Waals surface area contributed by atoms with Crippen molar-refractivity contribution in [3.63, 3.8) is 0 Å². The standard InChI is InChI=1S/C29H28NS.C7H9F3O2.Ir/c1-17-12-13-22-23-14-15-30(7)26(28(23)31-27(22)18(17)2)24-16-25(29(4,5)6)21-11-9-8-10-20(21)19(24)3;1-4(2)5(11)3-6(12)7(8,9)10;/h8-16H,3,7H2,1-2,4-6H3;3-4,11H,1-2H3;/q-1;;/b;5-3-;. The van der Waals surface area contributed by atoms with Gasteiger partial charge in [-0.3, -0.25) is 4.79 Å². The second-order valence-corrected chi connectivity index (χ2v) is 13.2. The van der Waals surface area contributed by atoms with Gasteiger partial charge in [0.1, 0.15) is 0 Å². The van der Waals surface area contributed by atoms with E-state index < -0.39 is 23.6 Å². The number of nitrogens with zero attached hydrogens (tertiary/aromatic N) is 1. The van der Waals surface area contributed by atoms with E-state index in [0.29, 0.717) is 0 Å². The number of hydrogen-bond acceptors (Lipinski definition) is 3. The van der Waals surface area contributed by atoms with Crippen molar-refractivity contribution < 1.29 is 47.7 Å². The number of aliphatic hydroxyl groups excluding tert-OH is 1. The molecule has 0 spiro atoms. The van der Waals surface area contributed by atoms with Crippen molar-refractivity contribution in [2.75, 3.05) is 0 Å². The molecule has 3 nitrogen and oxygen atoms in total. The number of carbonyl (C=O) groups excluding carboxylic acids is 1. The zero-order chi connectivity index (χ0) is 32.0. The summed E-state index contributed by atoms with van der Waals surface area (Å²) in [5.41, 5.74) is 7.46. The van der Waals surface area contributed by atoms with E-state index in [9.17, 15) is 18.0 Å². The van der Waals surface area contributed by atoms with Gasteiger partial charge < -0.3 is 9.67 Å². The summed E-state index contributed by atoms with van der Waals surface area (Å²) in [4.78, 5) is 10.2. The van der Waals surface area contributed by atoms with Crippen LogP contribution in [-0.4, -0.2) is 17.1 Å².